The molecule has 104 valence electrons. The fourth-order valence-electron chi connectivity index (χ4n) is 2.71. The maximum Gasteiger partial charge on any atom is 0.326 e. The van der Waals surface area contributed by atoms with Crippen molar-refractivity contribution in [3.05, 3.63) is 12.2 Å². The lowest BCUT2D eigenvalue weighted by molar-refractivity contribution is -0.167. The molecule has 0 unspecified atom stereocenters. The highest BCUT2D eigenvalue weighted by Crippen LogP contribution is 2.34. The SMILES string of the molecule is CCC1(OC(=O)CN2C(=O)C=CC2=O)CCCCC1. The molecular weight excluding hydrogens is 246 g/mol. The van der Waals surface area contributed by atoms with E-state index >= 15 is 0 Å². The quantitative estimate of drug-likeness (QED) is 0.571. The molecule has 0 aromatic heterocycles. The molecule has 2 rings (SSSR count). The van der Waals surface area contributed by atoms with Crippen molar-refractivity contribution < 1.29 is 19.1 Å². The summed E-state index contributed by atoms with van der Waals surface area (Å²) < 4.78 is 5.57. The summed E-state index contributed by atoms with van der Waals surface area (Å²) in [5, 5.41) is 0. The van der Waals surface area contributed by atoms with Gasteiger partial charge in [0, 0.05) is 12.2 Å². The van der Waals surface area contributed by atoms with Crippen molar-refractivity contribution in [2.45, 2.75) is 51.0 Å². The average Bonchev–Trinajstić information content (AvgIpc) is 2.71. The van der Waals surface area contributed by atoms with Gasteiger partial charge in [-0.1, -0.05) is 13.3 Å². The first-order chi connectivity index (χ1) is 9.06. The predicted octanol–water partition coefficient (Wildman–Crippen LogP) is 1.57. The van der Waals surface area contributed by atoms with Crippen LogP contribution < -0.4 is 0 Å². The lowest BCUT2D eigenvalue weighted by Gasteiger charge is -2.36. The Morgan fingerprint density at radius 1 is 1.21 bits per heavy atom. The number of imide groups is 1. The van der Waals surface area contributed by atoms with Crippen molar-refractivity contribution in [3.63, 3.8) is 0 Å². The Hall–Kier alpha value is -1.65. The van der Waals surface area contributed by atoms with Gasteiger partial charge in [0.15, 0.2) is 0 Å². The van der Waals surface area contributed by atoms with Crippen LogP contribution in [0.3, 0.4) is 0 Å². The molecule has 5 heteroatoms. The standard InChI is InChI=1S/C14H19NO4/c1-2-14(8-4-3-5-9-14)19-13(18)10-15-11(16)6-7-12(15)17/h6-7H,2-5,8-10H2,1H3. The minimum Gasteiger partial charge on any atom is -0.458 e. The van der Waals surface area contributed by atoms with Gasteiger partial charge in [-0.3, -0.25) is 19.3 Å². The summed E-state index contributed by atoms with van der Waals surface area (Å²) in [7, 11) is 0. The Kier molecular flexibility index (Phi) is 4.02. The predicted molar refractivity (Wildman–Crippen MR) is 68.1 cm³/mol. The summed E-state index contributed by atoms with van der Waals surface area (Å²) in [4.78, 5) is 35.6. The van der Waals surface area contributed by atoms with Crippen LogP contribution in [0.5, 0.6) is 0 Å². The highest BCUT2D eigenvalue weighted by molar-refractivity contribution is 6.14. The van der Waals surface area contributed by atoms with Gasteiger partial charge in [-0.15, -0.1) is 0 Å². The number of nitrogens with zero attached hydrogens (tertiary/aromatic N) is 1. The van der Waals surface area contributed by atoms with Crippen molar-refractivity contribution in [1.82, 2.24) is 4.90 Å². The molecule has 0 bridgehead atoms. The van der Waals surface area contributed by atoms with Crippen molar-refractivity contribution >= 4 is 17.8 Å². The molecule has 0 N–H and O–H groups in total. The Labute approximate surface area is 112 Å². The lowest BCUT2D eigenvalue weighted by Crippen LogP contribution is -2.42. The number of hydrogen-bond donors (Lipinski definition) is 0. The minimum atomic E-state index is -0.492. The molecule has 2 aliphatic rings. The first-order valence-corrected chi connectivity index (χ1v) is 6.82. The molecule has 2 amide bonds. The van der Waals surface area contributed by atoms with Crippen LogP contribution in [0.4, 0.5) is 0 Å². The molecule has 1 fully saturated rings. The third-order valence-corrected chi connectivity index (χ3v) is 3.93. The topological polar surface area (TPSA) is 63.7 Å². The Morgan fingerprint density at radius 3 is 2.32 bits per heavy atom. The maximum atomic E-state index is 11.9. The fourth-order valence-corrected chi connectivity index (χ4v) is 2.71. The van der Waals surface area contributed by atoms with Crippen molar-refractivity contribution in [3.8, 4) is 0 Å². The lowest BCUT2D eigenvalue weighted by atomic mass is 9.83. The molecule has 0 radical (unpaired) electrons. The normalized spacial score (nSPS) is 21.8. The summed E-state index contributed by atoms with van der Waals surface area (Å²) >= 11 is 0. The van der Waals surface area contributed by atoms with Gasteiger partial charge in [0.05, 0.1) is 0 Å². The first-order valence-electron chi connectivity index (χ1n) is 6.82. The van der Waals surface area contributed by atoms with E-state index in [-0.39, 0.29) is 6.54 Å². The first kappa shape index (κ1) is 13.8. The number of carbonyl (C=O) groups is 3. The molecule has 0 aromatic carbocycles. The van der Waals surface area contributed by atoms with Gasteiger partial charge in [-0.2, -0.15) is 0 Å². The average molecular weight is 265 g/mol. The highest BCUT2D eigenvalue weighted by atomic mass is 16.6. The van der Waals surface area contributed by atoms with E-state index in [9.17, 15) is 14.4 Å². The second-order valence-electron chi connectivity index (χ2n) is 5.17. The van der Waals surface area contributed by atoms with E-state index in [0.717, 1.165) is 37.0 Å². The van der Waals surface area contributed by atoms with E-state index in [2.05, 4.69) is 0 Å². The molecular formula is C14H19NO4. The van der Waals surface area contributed by atoms with Crippen molar-refractivity contribution in [2.75, 3.05) is 6.54 Å². The minimum absolute atomic E-state index is 0.285. The maximum absolute atomic E-state index is 11.9. The Morgan fingerprint density at radius 2 is 1.79 bits per heavy atom. The van der Waals surface area contributed by atoms with Crippen LogP contribution in [0.25, 0.3) is 0 Å². The van der Waals surface area contributed by atoms with E-state index in [4.69, 9.17) is 4.74 Å². The largest absolute Gasteiger partial charge is 0.458 e. The smallest absolute Gasteiger partial charge is 0.326 e. The van der Waals surface area contributed by atoms with E-state index in [1.165, 1.54) is 18.6 Å². The summed E-state index contributed by atoms with van der Waals surface area (Å²) in [5.41, 5.74) is -0.394. The zero-order valence-corrected chi connectivity index (χ0v) is 11.2. The van der Waals surface area contributed by atoms with Gasteiger partial charge >= 0.3 is 5.97 Å². The molecule has 1 aliphatic carbocycles. The van der Waals surface area contributed by atoms with E-state index in [1.54, 1.807) is 0 Å². The molecule has 5 nitrogen and oxygen atoms in total. The molecule has 0 spiro atoms. The zero-order valence-electron chi connectivity index (χ0n) is 11.2. The van der Waals surface area contributed by atoms with Crippen LogP contribution in [0.1, 0.15) is 45.4 Å². The fraction of sp³-hybridized carbons (Fsp3) is 0.643. The number of rotatable bonds is 4. The van der Waals surface area contributed by atoms with Gasteiger partial charge in [-0.05, 0) is 32.1 Å². The molecule has 19 heavy (non-hydrogen) atoms. The van der Waals surface area contributed by atoms with Gasteiger partial charge < -0.3 is 4.74 Å². The van der Waals surface area contributed by atoms with Gasteiger partial charge in [-0.25, -0.2) is 0 Å². The summed E-state index contributed by atoms with van der Waals surface area (Å²) in [6, 6.07) is 0. The number of hydrogen-bond acceptors (Lipinski definition) is 4. The van der Waals surface area contributed by atoms with Crippen molar-refractivity contribution in [2.24, 2.45) is 0 Å². The Balaban J connectivity index is 1.93. The van der Waals surface area contributed by atoms with E-state index in [1.807, 2.05) is 6.92 Å². The highest BCUT2D eigenvalue weighted by Gasteiger charge is 2.35. The van der Waals surface area contributed by atoms with Crippen LogP contribution in [0, 0.1) is 0 Å². The monoisotopic (exact) mass is 265 g/mol. The van der Waals surface area contributed by atoms with Crippen molar-refractivity contribution in [1.29, 1.82) is 0 Å². The molecule has 0 aromatic rings. The van der Waals surface area contributed by atoms with Gasteiger partial charge in [0.1, 0.15) is 12.1 Å². The molecule has 0 saturated heterocycles. The zero-order chi connectivity index (χ0) is 13.9. The van der Waals surface area contributed by atoms with Gasteiger partial charge in [0.25, 0.3) is 11.8 Å². The van der Waals surface area contributed by atoms with Gasteiger partial charge in [0.2, 0.25) is 0 Å². The van der Waals surface area contributed by atoms with E-state index in [0.29, 0.717) is 0 Å². The number of amides is 2. The number of esters is 1. The van der Waals surface area contributed by atoms with Crippen LogP contribution in [0.2, 0.25) is 0 Å². The molecule has 1 saturated carbocycles. The summed E-state index contributed by atoms with van der Waals surface area (Å²) in [6.45, 7) is 1.72. The van der Waals surface area contributed by atoms with Crippen LogP contribution in [-0.4, -0.2) is 34.8 Å². The molecule has 0 atom stereocenters. The second kappa shape index (κ2) is 5.55. The Bertz CT molecular complexity index is 403. The number of carbonyl (C=O) groups excluding carboxylic acids is 3. The molecule has 1 aliphatic heterocycles. The summed E-state index contributed by atoms with van der Waals surface area (Å²) in [6.07, 6.45) is 8.15. The number of ether oxygens (including phenoxy) is 1. The van der Waals surface area contributed by atoms with Crippen LogP contribution >= 0.6 is 0 Å². The van der Waals surface area contributed by atoms with Crippen LogP contribution in [0.15, 0.2) is 12.2 Å². The van der Waals surface area contributed by atoms with E-state index < -0.39 is 23.4 Å². The third kappa shape index (κ3) is 3.03. The second-order valence-corrected chi connectivity index (χ2v) is 5.17. The summed E-state index contributed by atoms with van der Waals surface area (Å²) in [5.74, 6) is -1.39. The third-order valence-electron chi connectivity index (χ3n) is 3.93. The molecule has 1 heterocycles. The van der Waals surface area contributed by atoms with Crippen LogP contribution in [-0.2, 0) is 19.1 Å².